The summed E-state index contributed by atoms with van der Waals surface area (Å²) in [6.45, 7) is 5.66. The molecule has 0 spiro atoms. The fourth-order valence-corrected chi connectivity index (χ4v) is 3.30. The molecular weight excluding hydrogens is 298 g/mol. The van der Waals surface area contributed by atoms with E-state index in [1.54, 1.807) is 11.0 Å². The van der Waals surface area contributed by atoms with E-state index in [1.807, 2.05) is 31.2 Å². The molecule has 0 N–H and O–H groups in total. The van der Waals surface area contributed by atoms with Gasteiger partial charge in [-0.1, -0.05) is 36.7 Å². The Morgan fingerprint density at radius 3 is 2.59 bits per heavy atom. The van der Waals surface area contributed by atoms with Gasteiger partial charge in [0.25, 0.3) is 0 Å². The normalized spacial score (nSPS) is 23.2. The van der Waals surface area contributed by atoms with Crippen LogP contribution in [0.2, 0.25) is 5.02 Å². The van der Waals surface area contributed by atoms with Gasteiger partial charge < -0.3 is 9.69 Å². The fourth-order valence-electron chi connectivity index (χ4n) is 3.17. The summed E-state index contributed by atoms with van der Waals surface area (Å²) < 4.78 is 0. The molecule has 1 amide bonds. The molecule has 1 aromatic carbocycles. The third kappa shape index (κ3) is 3.41. The summed E-state index contributed by atoms with van der Waals surface area (Å²) in [6.07, 6.45) is 5.64. The highest BCUT2D eigenvalue weighted by molar-refractivity contribution is 6.30. The van der Waals surface area contributed by atoms with E-state index in [9.17, 15) is 9.59 Å². The first-order chi connectivity index (χ1) is 10.6. The largest absolute Gasteiger partial charge is 0.326 e. The summed E-state index contributed by atoms with van der Waals surface area (Å²) in [6, 6.07) is 7.12. The molecule has 0 radical (unpaired) electrons. The number of likely N-dealkylation sites (tertiary alicyclic amines) is 1. The summed E-state index contributed by atoms with van der Waals surface area (Å²) in [5.41, 5.74) is 1.04. The Bertz CT molecular complexity index is 541. The van der Waals surface area contributed by atoms with Gasteiger partial charge in [0.15, 0.2) is 0 Å². The topological polar surface area (TPSA) is 37.4 Å². The van der Waals surface area contributed by atoms with Crippen LogP contribution in [0, 0.1) is 5.92 Å². The lowest BCUT2D eigenvalue weighted by atomic mass is 9.85. The molecule has 118 valence electrons. The van der Waals surface area contributed by atoms with Crippen molar-refractivity contribution in [3.05, 3.63) is 47.5 Å². The average molecular weight is 320 g/mol. The van der Waals surface area contributed by atoms with Crippen LogP contribution in [0.4, 0.5) is 0 Å². The minimum Gasteiger partial charge on any atom is -0.326 e. The van der Waals surface area contributed by atoms with Gasteiger partial charge in [0, 0.05) is 10.9 Å². The van der Waals surface area contributed by atoms with Crippen LogP contribution >= 0.6 is 11.6 Å². The lowest BCUT2D eigenvalue weighted by Crippen LogP contribution is -2.49. The molecule has 4 heteroatoms. The molecule has 1 heterocycles. The maximum Gasteiger partial charge on any atom is 0.227 e. The van der Waals surface area contributed by atoms with E-state index in [4.69, 9.17) is 11.6 Å². The van der Waals surface area contributed by atoms with Crippen molar-refractivity contribution in [3.8, 4) is 0 Å². The number of nitrogens with zero attached hydrogens (tertiary/aromatic N) is 1. The number of hydrogen-bond donors (Lipinski definition) is 0. The molecule has 0 aliphatic carbocycles. The van der Waals surface area contributed by atoms with Crippen molar-refractivity contribution in [2.75, 3.05) is 0 Å². The van der Waals surface area contributed by atoms with Crippen molar-refractivity contribution in [2.24, 2.45) is 5.92 Å². The molecule has 22 heavy (non-hydrogen) atoms. The number of aldehydes is 1. The smallest absolute Gasteiger partial charge is 0.227 e. The first-order valence-electron chi connectivity index (χ1n) is 7.76. The van der Waals surface area contributed by atoms with Crippen LogP contribution in [0.1, 0.15) is 44.2 Å². The van der Waals surface area contributed by atoms with E-state index in [1.165, 1.54) is 0 Å². The number of carbonyl (C=O) groups excluding carboxylic acids is 2. The minimum atomic E-state index is -0.374. The first kappa shape index (κ1) is 16.8. The third-order valence-corrected chi connectivity index (χ3v) is 4.62. The number of hydrogen-bond acceptors (Lipinski definition) is 2. The summed E-state index contributed by atoms with van der Waals surface area (Å²) in [4.78, 5) is 26.0. The number of halogens is 1. The van der Waals surface area contributed by atoms with E-state index in [0.29, 0.717) is 17.9 Å². The molecule has 1 fully saturated rings. The van der Waals surface area contributed by atoms with Crippen LogP contribution in [0.3, 0.4) is 0 Å². The van der Waals surface area contributed by atoms with Crippen LogP contribution in [0.25, 0.3) is 0 Å². The Balaban J connectivity index is 2.34. The maximum atomic E-state index is 12.8. The number of piperidine rings is 1. The van der Waals surface area contributed by atoms with Gasteiger partial charge >= 0.3 is 0 Å². The number of benzene rings is 1. The van der Waals surface area contributed by atoms with Gasteiger partial charge in [-0.05, 0) is 43.4 Å². The van der Waals surface area contributed by atoms with Gasteiger partial charge in [-0.3, -0.25) is 4.79 Å². The average Bonchev–Trinajstić information content (AvgIpc) is 2.53. The summed E-state index contributed by atoms with van der Waals surface area (Å²) in [5, 5.41) is 0.671. The van der Waals surface area contributed by atoms with Crippen LogP contribution in [-0.4, -0.2) is 23.1 Å². The zero-order valence-electron chi connectivity index (χ0n) is 12.9. The van der Waals surface area contributed by atoms with Gasteiger partial charge in [0.2, 0.25) is 5.91 Å². The molecule has 1 aliphatic heterocycles. The van der Waals surface area contributed by atoms with E-state index in [-0.39, 0.29) is 23.9 Å². The molecule has 1 aliphatic rings. The van der Waals surface area contributed by atoms with Crippen LogP contribution in [-0.2, 0) is 9.59 Å². The summed E-state index contributed by atoms with van der Waals surface area (Å²) >= 11 is 5.95. The van der Waals surface area contributed by atoms with Crippen LogP contribution in [0.5, 0.6) is 0 Å². The third-order valence-electron chi connectivity index (χ3n) is 4.37. The molecule has 0 bridgehead atoms. The highest BCUT2D eigenvalue weighted by atomic mass is 35.5. The second-order valence-corrected chi connectivity index (χ2v) is 6.16. The molecule has 3 unspecified atom stereocenters. The molecule has 1 aromatic rings. The highest BCUT2D eigenvalue weighted by Gasteiger charge is 2.38. The zero-order chi connectivity index (χ0) is 16.1. The Kier molecular flexibility index (Phi) is 5.78. The highest BCUT2D eigenvalue weighted by Crippen LogP contribution is 2.37. The molecular formula is C18H22ClNO2. The molecule has 3 atom stereocenters. The number of allylic oxidation sites excluding steroid dienone is 1. The van der Waals surface area contributed by atoms with Crippen molar-refractivity contribution >= 4 is 23.8 Å². The van der Waals surface area contributed by atoms with Crippen LogP contribution in [0.15, 0.2) is 36.9 Å². The predicted octanol–water partition coefficient (Wildman–Crippen LogP) is 4.17. The van der Waals surface area contributed by atoms with E-state index in [0.717, 1.165) is 24.7 Å². The van der Waals surface area contributed by atoms with Crippen molar-refractivity contribution < 1.29 is 9.59 Å². The van der Waals surface area contributed by atoms with Crippen molar-refractivity contribution in [1.82, 2.24) is 4.90 Å². The van der Waals surface area contributed by atoms with E-state index < -0.39 is 0 Å². The lowest BCUT2D eigenvalue weighted by molar-refractivity contribution is -0.147. The van der Waals surface area contributed by atoms with Crippen molar-refractivity contribution in [3.63, 3.8) is 0 Å². The zero-order valence-corrected chi connectivity index (χ0v) is 13.6. The van der Waals surface area contributed by atoms with Gasteiger partial charge in [0.05, 0.1) is 12.1 Å². The fraction of sp³-hybridized carbons (Fsp3) is 0.444. The Morgan fingerprint density at radius 2 is 2.05 bits per heavy atom. The standard InChI is InChI=1S/C18H22ClNO2/c1-3-5-14-8-11-17(13-6-9-15(19)10-7-13)20(18(14)22)16(4-2)12-21/h3,6-7,9-10,12,14,16-17H,1,4-5,8,11H2,2H3. The van der Waals surface area contributed by atoms with Gasteiger partial charge in [-0.25, -0.2) is 0 Å². The van der Waals surface area contributed by atoms with Gasteiger partial charge in [-0.2, -0.15) is 0 Å². The SMILES string of the molecule is C=CCC1CCC(c2ccc(Cl)cc2)N(C(C=O)CC)C1=O. The minimum absolute atomic E-state index is 0.0546. The van der Waals surface area contributed by atoms with E-state index in [2.05, 4.69) is 6.58 Å². The number of carbonyl (C=O) groups is 2. The monoisotopic (exact) mass is 319 g/mol. The molecule has 0 aromatic heterocycles. The van der Waals surface area contributed by atoms with Gasteiger partial charge in [-0.15, -0.1) is 6.58 Å². The second-order valence-electron chi connectivity index (χ2n) is 5.72. The van der Waals surface area contributed by atoms with Gasteiger partial charge in [0.1, 0.15) is 6.29 Å². The van der Waals surface area contributed by atoms with Crippen LogP contribution < -0.4 is 0 Å². The predicted molar refractivity (Wildman–Crippen MR) is 88.7 cm³/mol. The summed E-state index contributed by atoms with van der Waals surface area (Å²) in [7, 11) is 0. The number of amides is 1. The molecule has 0 saturated carbocycles. The number of rotatable bonds is 6. The summed E-state index contributed by atoms with van der Waals surface area (Å²) in [5.74, 6) is 0.0000928. The molecule has 3 nitrogen and oxygen atoms in total. The lowest BCUT2D eigenvalue weighted by Gasteiger charge is -2.42. The maximum absolute atomic E-state index is 12.8. The Morgan fingerprint density at radius 1 is 1.36 bits per heavy atom. The van der Waals surface area contributed by atoms with Crippen molar-refractivity contribution in [2.45, 2.75) is 44.7 Å². The first-order valence-corrected chi connectivity index (χ1v) is 8.14. The Labute approximate surface area is 137 Å². The second kappa shape index (κ2) is 7.59. The molecule has 1 saturated heterocycles. The quantitative estimate of drug-likeness (QED) is 0.583. The van der Waals surface area contributed by atoms with Crippen molar-refractivity contribution in [1.29, 1.82) is 0 Å². The Hall–Kier alpha value is -1.61. The molecule has 2 rings (SSSR count). The van der Waals surface area contributed by atoms with E-state index >= 15 is 0 Å².